The lowest BCUT2D eigenvalue weighted by Gasteiger charge is -2.16. The molecule has 2 rings (SSSR count). The molecule has 0 radical (unpaired) electrons. The SMILES string of the molecule is Cc1cc(S(=O)(=O)c2c(C)cc(O)cc2C)c(C)c(O)c1C. The summed E-state index contributed by atoms with van der Waals surface area (Å²) < 4.78 is 26.1. The number of phenolic OH excluding ortho intramolecular Hbond substituents is 2. The Morgan fingerprint density at radius 3 is 1.77 bits per heavy atom. The topological polar surface area (TPSA) is 74.6 Å². The van der Waals surface area contributed by atoms with Crippen LogP contribution in [0.5, 0.6) is 11.5 Å². The van der Waals surface area contributed by atoms with Crippen LogP contribution in [0.1, 0.15) is 27.8 Å². The van der Waals surface area contributed by atoms with Crippen molar-refractivity contribution in [1.29, 1.82) is 0 Å². The van der Waals surface area contributed by atoms with Gasteiger partial charge in [0.25, 0.3) is 0 Å². The van der Waals surface area contributed by atoms with Crippen LogP contribution in [0.2, 0.25) is 0 Å². The molecule has 0 heterocycles. The van der Waals surface area contributed by atoms with Crippen molar-refractivity contribution in [3.63, 3.8) is 0 Å². The average molecular weight is 320 g/mol. The van der Waals surface area contributed by atoms with Crippen molar-refractivity contribution < 1.29 is 18.6 Å². The lowest BCUT2D eigenvalue weighted by atomic mass is 10.1. The molecule has 0 aliphatic carbocycles. The van der Waals surface area contributed by atoms with Gasteiger partial charge in [0, 0.05) is 5.56 Å². The lowest BCUT2D eigenvalue weighted by Crippen LogP contribution is -2.09. The minimum absolute atomic E-state index is 0.00709. The third kappa shape index (κ3) is 2.46. The van der Waals surface area contributed by atoms with Crippen LogP contribution in [-0.4, -0.2) is 18.6 Å². The number of hydrogen-bond donors (Lipinski definition) is 2. The Morgan fingerprint density at radius 1 is 0.773 bits per heavy atom. The first-order valence-corrected chi connectivity index (χ1v) is 8.40. The molecule has 2 aromatic carbocycles. The van der Waals surface area contributed by atoms with Gasteiger partial charge in [0.1, 0.15) is 11.5 Å². The number of phenols is 2. The average Bonchev–Trinajstić information content (AvgIpc) is 2.38. The van der Waals surface area contributed by atoms with Crippen molar-refractivity contribution in [2.24, 2.45) is 0 Å². The summed E-state index contributed by atoms with van der Waals surface area (Å²) >= 11 is 0. The molecule has 0 atom stereocenters. The molecule has 0 aliphatic rings. The van der Waals surface area contributed by atoms with Crippen molar-refractivity contribution in [3.05, 3.63) is 46.0 Å². The molecule has 2 N–H and O–H groups in total. The second kappa shape index (κ2) is 5.32. The van der Waals surface area contributed by atoms with E-state index < -0.39 is 9.84 Å². The third-order valence-corrected chi connectivity index (χ3v) is 6.21. The number of benzene rings is 2. The second-order valence-corrected chi connectivity index (χ2v) is 7.56. The Bertz CT molecular complexity index is 842. The fourth-order valence-corrected chi connectivity index (χ4v) is 4.76. The van der Waals surface area contributed by atoms with Crippen molar-refractivity contribution >= 4 is 9.84 Å². The summed E-state index contributed by atoms with van der Waals surface area (Å²) in [5.41, 5.74) is 2.70. The fraction of sp³-hybridized carbons (Fsp3) is 0.294. The van der Waals surface area contributed by atoms with Crippen LogP contribution < -0.4 is 0 Å². The Hall–Kier alpha value is -2.01. The van der Waals surface area contributed by atoms with Crippen molar-refractivity contribution in [1.82, 2.24) is 0 Å². The van der Waals surface area contributed by atoms with Gasteiger partial charge in [-0.3, -0.25) is 0 Å². The van der Waals surface area contributed by atoms with Gasteiger partial charge in [-0.15, -0.1) is 0 Å². The van der Waals surface area contributed by atoms with Crippen molar-refractivity contribution in [3.8, 4) is 11.5 Å². The van der Waals surface area contributed by atoms with E-state index in [0.717, 1.165) is 5.56 Å². The van der Waals surface area contributed by atoms with Crippen molar-refractivity contribution in [2.75, 3.05) is 0 Å². The molecular weight excluding hydrogens is 300 g/mol. The monoisotopic (exact) mass is 320 g/mol. The predicted octanol–water partition coefficient (Wildman–Crippen LogP) is 3.47. The maximum atomic E-state index is 13.0. The smallest absolute Gasteiger partial charge is 0.207 e. The van der Waals surface area contributed by atoms with Gasteiger partial charge in [-0.1, -0.05) is 0 Å². The first-order valence-electron chi connectivity index (χ1n) is 6.92. The number of sulfone groups is 1. The Kier molecular flexibility index (Phi) is 3.96. The summed E-state index contributed by atoms with van der Waals surface area (Å²) in [6.07, 6.45) is 0. The van der Waals surface area contributed by atoms with Crippen LogP contribution in [0.15, 0.2) is 28.0 Å². The summed E-state index contributed by atoms with van der Waals surface area (Å²) in [5.74, 6) is 0.0428. The molecule has 2 aromatic rings. The van der Waals surface area contributed by atoms with Gasteiger partial charge in [-0.05, 0) is 75.1 Å². The normalized spacial score (nSPS) is 11.7. The van der Waals surface area contributed by atoms with E-state index in [0.29, 0.717) is 22.3 Å². The fourth-order valence-electron chi connectivity index (χ4n) is 2.74. The van der Waals surface area contributed by atoms with E-state index in [2.05, 4.69) is 0 Å². The van der Waals surface area contributed by atoms with E-state index in [-0.39, 0.29) is 21.3 Å². The molecule has 0 saturated carbocycles. The zero-order valence-electron chi connectivity index (χ0n) is 13.4. The molecule has 0 spiro atoms. The van der Waals surface area contributed by atoms with Crippen LogP contribution in [-0.2, 0) is 9.84 Å². The predicted molar refractivity (Wildman–Crippen MR) is 85.4 cm³/mol. The molecule has 0 aromatic heterocycles. The van der Waals surface area contributed by atoms with Crippen LogP contribution in [0.3, 0.4) is 0 Å². The van der Waals surface area contributed by atoms with Gasteiger partial charge in [-0.25, -0.2) is 8.42 Å². The minimum atomic E-state index is -3.78. The zero-order valence-corrected chi connectivity index (χ0v) is 14.2. The Labute approximate surface area is 131 Å². The number of hydrogen-bond acceptors (Lipinski definition) is 4. The molecule has 5 heteroatoms. The van der Waals surface area contributed by atoms with Crippen molar-refractivity contribution in [2.45, 2.75) is 44.4 Å². The lowest BCUT2D eigenvalue weighted by molar-refractivity contribution is 0.463. The highest BCUT2D eigenvalue weighted by atomic mass is 32.2. The van der Waals surface area contributed by atoms with E-state index in [9.17, 15) is 18.6 Å². The van der Waals surface area contributed by atoms with Crippen LogP contribution in [0, 0.1) is 34.6 Å². The maximum Gasteiger partial charge on any atom is 0.207 e. The highest BCUT2D eigenvalue weighted by molar-refractivity contribution is 7.91. The van der Waals surface area contributed by atoms with E-state index >= 15 is 0 Å². The van der Waals surface area contributed by atoms with E-state index in [4.69, 9.17) is 0 Å². The highest BCUT2D eigenvalue weighted by Crippen LogP contribution is 2.36. The summed E-state index contributed by atoms with van der Waals surface area (Å²) in [6, 6.07) is 4.44. The molecular formula is C17H20O4S. The standard InChI is InChI=1S/C17H20O4S/c1-9-8-15(13(5)16(19)12(9)4)22(20,21)17-10(2)6-14(18)7-11(17)3/h6-8,18-19H,1-5H3. The largest absolute Gasteiger partial charge is 0.508 e. The van der Waals surface area contributed by atoms with Crippen LogP contribution >= 0.6 is 0 Å². The van der Waals surface area contributed by atoms with Gasteiger partial charge >= 0.3 is 0 Å². The molecule has 0 bridgehead atoms. The number of aromatic hydroxyl groups is 2. The molecule has 0 aliphatic heterocycles. The molecule has 4 nitrogen and oxygen atoms in total. The number of rotatable bonds is 2. The summed E-state index contributed by atoms with van der Waals surface area (Å²) in [4.78, 5) is 0.279. The van der Waals surface area contributed by atoms with Gasteiger partial charge in [0.15, 0.2) is 0 Å². The quantitative estimate of drug-likeness (QED) is 0.888. The molecule has 0 fully saturated rings. The summed E-state index contributed by atoms with van der Waals surface area (Å²) in [7, 11) is -3.78. The molecule has 0 saturated heterocycles. The first kappa shape index (κ1) is 16.4. The van der Waals surface area contributed by atoms with Gasteiger partial charge in [-0.2, -0.15) is 0 Å². The maximum absolute atomic E-state index is 13.0. The number of aryl methyl sites for hydroxylation is 3. The Morgan fingerprint density at radius 2 is 1.27 bits per heavy atom. The van der Waals surface area contributed by atoms with Gasteiger partial charge in [0.2, 0.25) is 9.84 Å². The molecule has 22 heavy (non-hydrogen) atoms. The zero-order chi connectivity index (χ0) is 16.8. The molecule has 0 amide bonds. The second-order valence-electron chi connectivity index (χ2n) is 5.70. The summed E-state index contributed by atoms with van der Waals surface area (Å²) in [5, 5.41) is 19.8. The van der Waals surface area contributed by atoms with Gasteiger partial charge in [0.05, 0.1) is 9.79 Å². The molecule has 118 valence electrons. The third-order valence-electron chi connectivity index (χ3n) is 4.02. The van der Waals surface area contributed by atoms with Crippen LogP contribution in [0.4, 0.5) is 0 Å². The van der Waals surface area contributed by atoms with E-state index in [1.165, 1.54) is 12.1 Å². The molecule has 0 unspecified atom stereocenters. The van der Waals surface area contributed by atoms with E-state index in [1.54, 1.807) is 40.7 Å². The minimum Gasteiger partial charge on any atom is -0.508 e. The van der Waals surface area contributed by atoms with Gasteiger partial charge < -0.3 is 10.2 Å². The Balaban J connectivity index is 2.83. The van der Waals surface area contributed by atoms with Crippen LogP contribution in [0.25, 0.3) is 0 Å². The first-order chi connectivity index (χ1) is 10.1. The summed E-state index contributed by atoms with van der Waals surface area (Å²) in [6.45, 7) is 8.42. The highest BCUT2D eigenvalue weighted by Gasteiger charge is 2.26. The van der Waals surface area contributed by atoms with E-state index in [1.807, 2.05) is 0 Å².